The smallest absolute Gasteiger partial charge is 0.249 e. The Bertz CT molecular complexity index is 1230. The molecule has 0 bridgehead atoms. The monoisotopic (exact) mass is 566 g/mol. The minimum atomic E-state index is -0.0365. The van der Waals surface area contributed by atoms with E-state index in [-0.39, 0.29) is 18.6 Å². The Morgan fingerprint density at radius 2 is 1.39 bits per heavy atom. The second-order valence-electron chi connectivity index (χ2n) is 11.6. The summed E-state index contributed by atoms with van der Waals surface area (Å²) in [6.07, 6.45) is 6.11. The Kier molecular flexibility index (Phi) is 9.29. The van der Waals surface area contributed by atoms with Gasteiger partial charge in [-0.2, -0.15) is 0 Å². The van der Waals surface area contributed by atoms with Crippen LogP contribution in [0.1, 0.15) is 66.9 Å². The molecule has 0 aliphatic carbocycles. The number of fused-ring (bicyclic) bond motifs is 4. The van der Waals surface area contributed by atoms with Gasteiger partial charge in [0.1, 0.15) is 6.61 Å². The normalized spacial score (nSPS) is 23.7. The van der Waals surface area contributed by atoms with Gasteiger partial charge < -0.3 is 28.6 Å². The number of benzene rings is 2. The van der Waals surface area contributed by atoms with E-state index in [1.165, 1.54) is 28.7 Å². The highest BCUT2D eigenvalue weighted by Crippen LogP contribution is 2.49. The molecule has 2 aromatic carbocycles. The van der Waals surface area contributed by atoms with Crippen LogP contribution in [0.2, 0.25) is 0 Å². The zero-order chi connectivity index (χ0) is 29.1. The molecule has 0 spiro atoms. The molecule has 8 heteroatoms. The van der Waals surface area contributed by atoms with Crippen LogP contribution in [0.25, 0.3) is 0 Å². The molecule has 1 amide bonds. The van der Waals surface area contributed by atoms with Crippen LogP contribution in [0.4, 0.5) is 0 Å². The summed E-state index contributed by atoms with van der Waals surface area (Å²) >= 11 is 0. The van der Waals surface area contributed by atoms with Crippen molar-refractivity contribution >= 4 is 5.91 Å². The number of hydrogen-bond acceptors (Lipinski definition) is 7. The van der Waals surface area contributed by atoms with Gasteiger partial charge in [-0.1, -0.05) is 13.3 Å². The molecule has 3 aliphatic rings. The number of methoxy groups -OCH3 is 5. The van der Waals surface area contributed by atoms with Gasteiger partial charge in [0.2, 0.25) is 5.91 Å². The lowest BCUT2D eigenvalue weighted by Gasteiger charge is -2.49. The molecule has 8 nitrogen and oxygen atoms in total. The predicted octanol–water partition coefficient (Wildman–Crippen LogP) is 5.22. The molecule has 2 aromatic rings. The number of carbonyl (C=O) groups is 1. The van der Waals surface area contributed by atoms with Crippen LogP contribution < -0.4 is 18.9 Å². The van der Waals surface area contributed by atoms with Crippen molar-refractivity contribution in [2.24, 2.45) is 11.8 Å². The second-order valence-corrected chi connectivity index (χ2v) is 11.6. The third-order valence-electron chi connectivity index (χ3n) is 9.55. The second kappa shape index (κ2) is 12.9. The molecule has 0 radical (unpaired) electrons. The average Bonchev–Trinajstić information content (AvgIpc) is 3.00. The maximum absolute atomic E-state index is 13.4. The molecular formula is C33H46N2O6. The number of nitrogens with zero attached hydrogens (tertiary/aromatic N) is 2. The van der Waals surface area contributed by atoms with Crippen molar-refractivity contribution in [3.8, 4) is 23.0 Å². The third kappa shape index (κ3) is 5.73. The van der Waals surface area contributed by atoms with Crippen LogP contribution >= 0.6 is 0 Å². The largest absolute Gasteiger partial charge is 0.493 e. The molecule has 1 fully saturated rings. The lowest BCUT2D eigenvalue weighted by Crippen LogP contribution is -2.48. The molecule has 224 valence electrons. The zero-order valence-corrected chi connectivity index (χ0v) is 25.5. The molecule has 4 atom stereocenters. The van der Waals surface area contributed by atoms with E-state index in [9.17, 15) is 4.79 Å². The first-order chi connectivity index (χ1) is 20.0. The minimum absolute atomic E-state index is 0.0365. The summed E-state index contributed by atoms with van der Waals surface area (Å²) < 4.78 is 28.0. The van der Waals surface area contributed by atoms with E-state index in [0.29, 0.717) is 30.2 Å². The molecule has 3 aliphatic heterocycles. The molecule has 0 aromatic heterocycles. The fraction of sp³-hybridized carbons (Fsp3) is 0.606. The van der Waals surface area contributed by atoms with E-state index >= 15 is 0 Å². The van der Waals surface area contributed by atoms with E-state index in [2.05, 4.69) is 41.0 Å². The van der Waals surface area contributed by atoms with E-state index in [4.69, 9.17) is 23.7 Å². The summed E-state index contributed by atoms with van der Waals surface area (Å²) in [6.45, 7) is 5.19. The summed E-state index contributed by atoms with van der Waals surface area (Å²) in [6, 6.07) is 8.86. The van der Waals surface area contributed by atoms with Gasteiger partial charge in [-0.05, 0) is 90.5 Å². The molecule has 0 saturated carbocycles. The van der Waals surface area contributed by atoms with Crippen LogP contribution in [0.5, 0.6) is 23.0 Å². The van der Waals surface area contributed by atoms with Gasteiger partial charge in [-0.25, -0.2) is 0 Å². The summed E-state index contributed by atoms with van der Waals surface area (Å²) in [7, 11) is 8.35. The topological polar surface area (TPSA) is 69.7 Å². The fourth-order valence-electron chi connectivity index (χ4n) is 7.56. The summed E-state index contributed by atoms with van der Waals surface area (Å²) in [4.78, 5) is 18.1. The number of ether oxygens (including phenoxy) is 5. The maximum Gasteiger partial charge on any atom is 0.249 e. The van der Waals surface area contributed by atoms with Gasteiger partial charge in [-0.3, -0.25) is 9.69 Å². The zero-order valence-electron chi connectivity index (χ0n) is 25.5. The van der Waals surface area contributed by atoms with Gasteiger partial charge in [0, 0.05) is 32.8 Å². The average molecular weight is 567 g/mol. The Balaban J connectivity index is 1.51. The van der Waals surface area contributed by atoms with Crippen molar-refractivity contribution in [3.63, 3.8) is 0 Å². The van der Waals surface area contributed by atoms with Crippen LogP contribution in [-0.2, 0) is 22.4 Å². The van der Waals surface area contributed by atoms with Crippen LogP contribution in [-0.4, -0.2) is 77.5 Å². The summed E-state index contributed by atoms with van der Waals surface area (Å²) in [5.74, 6) is 4.11. The van der Waals surface area contributed by atoms with Gasteiger partial charge in [0.15, 0.2) is 23.0 Å². The van der Waals surface area contributed by atoms with Crippen molar-refractivity contribution in [2.75, 3.05) is 61.8 Å². The molecule has 5 rings (SSSR count). The lowest BCUT2D eigenvalue weighted by molar-refractivity contribution is -0.139. The van der Waals surface area contributed by atoms with Crippen molar-refractivity contribution in [1.29, 1.82) is 0 Å². The quantitative estimate of drug-likeness (QED) is 0.391. The summed E-state index contributed by atoms with van der Waals surface area (Å²) in [5, 5.41) is 0. The van der Waals surface area contributed by atoms with E-state index < -0.39 is 0 Å². The number of hydrogen-bond donors (Lipinski definition) is 0. The molecular weight excluding hydrogens is 520 g/mol. The molecule has 0 unspecified atom stereocenters. The Morgan fingerprint density at radius 3 is 2.00 bits per heavy atom. The highest BCUT2D eigenvalue weighted by Gasteiger charge is 2.42. The van der Waals surface area contributed by atoms with Crippen molar-refractivity contribution < 1.29 is 28.5 Å². The lowest BCUT2D eigenvalue weighted by atomic mass is 9.71. The Labute approximate surface area is 244 Å². The predicted molar refractivity (Wildman–Crippen MR) is 158 cm³/mol. The number of piperidine rings is 1. The van der Waals surface area contributed by atoms with Gasteiger partial charge in [0.25, 0.3) is 0 Å². The molecule has 41 heavy (non-hydrogen) atoms. The molecule has 3 heterocycles. The van der Waals surface area contributed by atoms with Crippen LogP contribution in [0.15, 0.2) is 24.3 Å². The number of carbonyl (C=O) groups excluding carboxylic acids is 1. The van der Waals surface area contributed by atoms with Gasteiger partial charge >= 0.3 is 0 Å². The van der Waals surface area contributed by atoms with E-state index in [0.717, 1.165) is 62.4 Å². The number of rotatable bonds is 10. The van der Waals surface area contributed by atoms with Crippen molar-refractivity contribution in [3.05, 3.63) is 46.5 Å². The van der Waals surface area contributed by atoms with E-state index in [1.54, 1.807) is 35.5 Å². The highest BCUT2D eigenvalue weighted by molar-refractivity contribution is 5.78. The fourth-order valence-corrected chi connectivity index (χ4v) is 7.56. The Hall–Kier alpha value is -2.97. The van der Waals surface area contributed by atoms with Crippen LogP contribution in [0.3, 0.4) is 0 Å². The first-order valence-electron chi connectivity index (χ1n) is 15.0. The third-order valence-corrected chi connectivity index (χ3v) is 9.55. The first-order valence-corrected chi connectivity index (χ1v) is 15.0. The standard InChI is InChI=1S/C33H46N2O6/c1-7-8-23-19-34-11-9-21-15-29(38-3)31(40-5)17-25(21)27(34)13-24(23)14-28-26-18-32(41-6)30(39-4)16-22(26)10-12-35(28)33(36)20-37-2/h15-18,23-24,27-28H,7-14,19-20H2,1-6H3/t23-,24+,27-,28+/m0/s1. The summed E-state index contributed by atoms with van der Waals surface area (Å²) in [5.41, 5.74) is 5.12. The highest BCUT2D eigenvalue weighted by atomic mass is 16.5. The first kappa shape index (κ1) is 29.5. The van der Waals surface area contributed by atoms with Gasteiger partial charge in [0.05, 0.1) is 34.5 Å². The number of amides is 1. The maximum atomic E-state index is 13.4. The minimum Gasteiger partial charge on any atom is -0.493 e. The van der Waals surface area contributed by atoms with Crippen molar-refractivity contribution in [2.45, 2.75) is 57.5 Å². The van der Waals surface area contributed by atoms with Gasteiger partial charge in [-0.15, -0.1) is 0 Å². The van der Waals surface area contributed by atoms with Crippen LogP contribution in [0, 0.1) is 11.8 Å². The Morgan fingerprint density at radius 1 is 0.805 bits per heavy atom. The SMILES string of the molecule is CCC[C@H]1CN2CCc3cc(OC)c(OC)cc3[C@@H]2C[C@@H]1C[C@@H]1c2cc(OC)c(OC)cc2CCN1C(=O)COC. The van der Waals surface area contributed by atoms with E-state index in [1.807, 2.05) is 0 Å². The molecule has 1 saturated heterocycles. The van der Waals surface area contributed by atoms with Crippen molar-refractivity contribution in [1.82, 2.24) is 9.80 Å². The molecule has 0 N–H and O–H groups in total.